The molecule has 1 saturated heterocycles. The van der Waals surface area contributed by atoms with Crippen molar-refractivity contribution >= 4 is 5.91 Å². The summed E-state index contributed by atoms with van der Waals surface area (Å²) in [5.41, 5.74) is 0. The summed E-state index contributed by atoms with van der Waals surface area (Å²) in [7, 11) is 0. The predicted octanol–water partition coefficient (Wildman–Crippen LogP) is 0.957. The van der Waals surface area contributed by atoms with E-state index >= 15 is 0 Å². The van der Waals surface area contributed by atoms with Crippen LogP contribution in [0.15, 0.2) is 12.7 Å². The number of hydrogen-bond donors (Lipinski definition) is 1. The van der Waals surface area contributed by atoms with Crippen molar-refractivity contribution in [2.75, 3.05) is 13.1 Å². The van der Waals surface area contributed by atoms with E-state index in [0.29, 0.717) is 0 Å². The highest BCUT2D eigenvalue weighted by atomic mass is 16.2. The molecule has 0 aromatic heterocycles. The molecule has 0 radical (unpaired) electrons. The molecule has 1 fully saturated rings. The Bertz CT molecular complexity index is 134. The zero-order valence-corrected chi connectivity index (χ0v) is 6.18. The molecular weight excluding hydrogens is 128 g/mol. The topological polar surface area (TPSA) is 55.3 Å². The van der Waals surface area contributed by atoms with Gasteiger partial charge in [0, 0.05) is 19.5 Å². The molecule has 0 unspecified atom stereocenters. The van der Waals surface area contributed by atoms with E-state index < -0.39 is 0 Å². The van der Waals surface area contributed by atoms with Crippen LogP contribution in [-0.4, -0.2) is 23.9 Å². The number of carbonyl (C=O) groups is 1. The number of amides is 1. The molecular formula is C7H14N2O. The van der Waals surface area contributed by atoms with Crippen molar-refractivity contribution in [3.63, 3.8) is 0 Å². The van der Waals surface area contributed by atoms with Crippen LogP contribution >= 0.6 is 0 Å². The average Bonchev–Trinajstić information content (AvgIpc) is 2.18. The second-order valence-electron chi connectivity index (χ2n) is 2.23. The van der Waals surface area contributed by atoms with E-state index in [1.807, 2.05) is 4.90 Å². The fourth-order valence-electron chi connectivity index (χ4n) is 1.05. The first kappa shape index (κ1) is 9.17. The minimum atomic E-state index is 0. The third kappa shape index (κ3) is 1.84. The van der Waals surface area contributed by atoms with Crippen LogP contribution in [0.1, 0.15) is 12.8 Å². The lowest BCUT2D eigenvalue weighted by atomic mass is 10.4. The fourth-order valence-corrected chi connectivity index (χ4v) is 1.05. The van der Waals surface area contributed by atoms with Gasteiger partial charge in [-0.15, -0.1) is 6.58 Å². The highest BCUT2D eigenvalue weighted by Crippen LogP contribution is 2.07. The molecule has 1 rings (SSSR count). The molecule has 3 nitrogen and oxygen atoms in total. The van der Waals surface area contributed by atoms with Crippen molar-refractivity contribution < 1.29 is 4.79 Å². The van der Waals surface area contributed by atoms with E-state index in [2.05, 4.69) is 6.58 Å². The minimum Gasteiger partial charge on any atom is -0.344 e. The summed E-state index contributed by atoms with van der Waals surface area (Å²) in [5, 5.41) is 0. The smallest absolute Gasteiger partial charge is 0.222 e. The summed E-state index contributed by atoms with van der Waals surface area (Å²) in [5.74, 6) is 0.273. The largest absolute Gasteiger partial charge is 0.344 e. The summed E-state index contributed by atoms with van der Waals surface area (Å²) in [6, 6.07) is 0. The third-order valence-corrected chi connectivity index (χ3v) is 1.52. The Morgan fingerprint density at radius 3 is 2.80 bits per heavy atom. The lowest BCUT2D eigenvalue weighted by Crippen LogP contribution is -2.24. The van der Waals surface area contributed by atoms with E-state index in [1.54, 1.807) is 6.08 Å². The van der Waals surface area contributed by atoms with E-state index in [-0.39, 0.29) is 12.1 Å². The minimum absolute atomic E-state index is 0. The van der Waals surface area contributed by atoms with Gasteiger partial charge in [-0.2, -0.15) is 0 Å². The highest BCUT2D eigenvalue weighted by molar-refractivity contribution is 5.78. The summed E-state index contributed by atoms with van der Waals surface area (Å²) in [6.07, 6.45) is 3.52. The molecule has 0 saturated carbocycles. The Morgan fingerprint density at radius 2 is 2.40 bits per heavy atom. The molecule has 1 aliphatic rings. The molecule has 0 aromatic rings. The van der Waals surface area contributed by atoms with E-state index in [0.717, 1.165) is 25.9 Å². The predicted molar refractivity (Wildman–Crippen MR) is 41.0 cm³/mol. The van der Waals surface area contributed by atoms with E-state index in [4.69, 9.17) is 0 Å². The van der Waals surface area contributed by atoms with Crippen LogP contribution in [0.2, 0.25) is 0 Å². The van der Waals surface area contributed by atoms with Crippen molar-refractivity contribution in [2.24, 2.45) is 0 Å². The average molecular weight is 142 g/mol. The molecule has 0 atom stereocenters. The van der Waals surface area contributed by atoms with Crippen molar-refractivity contribution in [2.45, 2.75) is 12.8 Å². The Kier molecular flexibility index (Phi) is 3.72. The maximum atomic E-state index is 10.8. The maximum Gasteiger partial charge on any atom is 0.222 e. The molecule has 0 spiro atoms. The van der Waals surface area contributed by atoms with Crippen LogP contribution in [0, 0.1) is 0 Å². The van der Waals surface area contributed by atoms with Gasteiger partial charge in [0.2, 0.25) is 5.91 Å². The lowest BCUT2D eigenvalue weighted by molar-refractivity contribution is -0.127. The molecule has 1 aliphatic heterocycles. The quantitative estimate of drug-likeness (QED) is 0.584. The Balaban J connectivity index is 0.000000810. The SMILES string of the molecule is C=CCN1CCCC1=O.N. The van der Waals surface area contributed by atoms with Gasteiger partial charge < -0.3 is 11.1 Å². The molecule has 0 aromatic carbocycles. The lowest BCUT2D eigenvalue weighted by Gasteiger charge is -2.10. The summed E-state index contributed by atoms with van der Waals surface area (Å²) >= 11 is 0. The molecule has 1 amide bonds. The van der Waals surface area contributed by atoms with Gasteiger partial charge in [0.1, 0.15) is 0 Å². The monoisotopic (exact) mass is 142 g/mol. The van der Waals surface area contributed by atoms with Crippen LogP contribution in [0.3, 0.4) is 0 Å². The Hall–Kier alpha value is -0.830. The molecule has 3 heteroatoms. The van der Waals surface area contributed by atoms with Gasteiger partial charge in [0.15, 0.2) is 0 Å². The molecule has 1 heterocycles. The van der Waals surface area contributed by atoms with Gasteiger partial charge in [0.25, 0.3) is 0 Å². The fraction of sp³-hybridized carbons (Fsp3) is 0.571. The zero-order valence-electron chi connectivity index (χ0n) is 6.18. The maximum absolute atomic E-state index is 10.8. The van der Waals surface area contributed by atoms with Crippen LogP contribution in [0.25, 0.3) is 0 Å². The van der Waals surface area contributed by atoms with Gasteiger partial charge in [-0.3, -0.25) is 4.79 Å². The van der Waals surface area contributed by atoms with Crippen LogP contribution in [-0.2, 0) is 4.79 Å². The van der Waals surface area contributed by atoms with Crippen molar-refractivity contribution in [1.82, 2.24) is 11.1 Å². The van der Waals surface area contributed by atoms with Crippen LogP contribution in [0.4, 0.5) is 0 Å². The Labute approximate surface area is 61.3 Å². The van der Waals surface area contributed by atoms with Crippen molar-refractivity contribution in [3.05, 3.63) is 12.7 Å². The van der Waals surface area contributed by atoms with Crippen LogP contribution in [0.5, 0.6) is 0 Å². The number of rotatable bonds is 2. The van der Waals surface area contributed by atoms with Gasteiger partial charge in [-0.1, -0.05) is 6.08 Å². The standard InChI is InChI=1S/C7H11NO.H3N/c1-2-5-8-6-3-4-7(8)9;/h2H,1,3-6H2;1H3. The van der Waals surface area contributed by atoms with Gasteiger partial charge in [-0.25, -0.2) is 0 Å². The summed E-state index contributed by atoms with van der Waals surface area (Å²) in [6.45, 7) is 5.21. The van der Waals surface area contributed by atoms with Crippen LogP contribution < -0.4 is 6.15 Å². The number of carbonyl (C=O) groups excluding carboxylic acids is 1. The van der Waals surface area contributed by atoms with E-state index in [1.165, 1.54) is 0 Å². The first-order chi connectivity index (χ1) is 4.34. The second-order valence-corrected chi connectivity index (χ2v) is 2.23. The molecule has 0 aliphatic carbocycles. The van der Waals surface area contributed by atoms with Crippen molar-refractivity contribution in [3.8, 4) is 0 Å². The summed E-state index contributed by atoms with van der Waals surface area (Å²) in [4.78, 5) is 12.7. The van der Waals surface area contributed by atoms with Crippen molar-refractivity contribution in [1.29, 1.82) is 0 Å². The molecule has 0 bridgehead atoms. The number of hydrogen-bond acceptors (Lipinski definition) is 2. The van der Waals surface area contributed by atoms with E-state index in [9.17, 15) is 4.79 Å². The highest BCUT2D eigenvalue weighted by Gasteiger charge is 2.17. The first-order valence-corrected chi connectivity index (χ1v) is 3.23. The first-order valence-electron chi connectivity index (χ1n) is 3.23. The summed E-state index contributed by atoms with van der Waals surface area (Å²) < 4.78 is 0. The number of nitrogens with zero attached hydrogens (tertiary/aromatic N) is 1. The van der Waals surface area contributed by atoms with Gasteiger partial charge in [-0.05, 0) is 6.42 Å². The third-order valence-electron chi connectivity index (χ3n) is 1.52. The Morgan fingerprint density at radius 1 is 1.70 bits per heavy atom. The second kappa shape index (κ2) is 4.06. The van der Waals surface area contributed by atoms with Gasteiger partial charge >= 0.3 is 0 Å². The molecule has 58 valence electrons. The number of likely N-dealkylation sites (tertiary alicyclic amines) is 1. The molecule has 3 N–H and O–H groups in total. The van der Waals surface area contributed by atoms with Gasteiger partial charge in [0.05, 0.1) is 0 Å². The normalized spacial score (nSPS) is 16.8. The molecule has 10 heavy (non-hydrogen) atoms. The zero-order chi connectivity index (χ0) is 6.69.